The van der Waals surface area contributed by atoms with Crippen LogP contribution in [0.1, 0.15) is 11.3 Å². The summed E-state index contributed by atoms with van der Waals surface area (Å²) < 4.78 is 0. The molecule has 8 heavy (non-hydrogen) atoms. The molecule has 1 aromatic heterocycles. The smallest absolute Gasteiger partial charge is 0.0447 e. The first-order chi connectivity index (χ1) is 3.95. The number of nitrogens with zero attached hydrogens (tertiary/aromatic N) is 1. The molecule has 1 heteroatoms. The van der Waals surface area contributed by atoms with Crippen molar-refractivity contribution in [3.05, 3.63) is 36.0 Å². The van der Waals surface area contributed by atoms with Crippen molar-refractivity contribution in [1.82, 2.24) is 4.98 Å². The van der Waals surface area contributed by atoms with E-state index in [1.807, 2.05) is 12.3 Å². The summed E-state index contributed by atoms with van der Waals surface area (Å²) >= 11 is 0. The highest BCUT2D eigenvalue weighted by Gasteiger charge is 2.04. The molecule has 1 nitrogen and oxygen atoms in total. The van der Waals surface area contributed by atoms with E-state index >= 15 is 0 Å². The van der Waals surface area contributed by atoms with E-state index in [0.717, 1.165) is 12.1 Å². The van der Waals surface area contributed by atoms with Gasteiger partial charge in [0.1, 0.15) is 0 Å². The fourth-order valence-electron chi connectivity index (χ4n) is 0.955. The van der Waals surface area contributed by atoms with E-state index < -0.39 is 0 Å². The first kappa shape index (κ1) is 4.07. The first-order valence-electron chi connectivity index (χ1n) is 2.73. The zero-order valence-electron chi connectivity index (χ0n) is 4.46. The summed E-state index contributed by atoms with van der Waals surface area (Å²) in [5.41, 5.74) is 2.51. The molecule has 0 unspecified atom stereocenters. The number of aromatic nitrogens is 1. The molecule has 0 fully saturated rings. The summed E-state index contributed by atoms with van der Waals surface area (Å²) in [7, 11) is 0. The fourth-order valence-corrected chi connectivity index (χ4v) is 0.955. The molecule has 1 radical (unpaired) electrons. The molecule has 1 aromatic rings. The monoisotopic (exact) mass is 104 g/mol. The molecule has 0 saturated carbocycles. The summed E-state index contributed by atoms with van der Waals surface area (Å²) in [6.45, 7) is 0. The molecule has 1 heterocycles. The van der Waals surface area contributed by atoms with Crippen molar-refractivity contribution < 1.29 is 0 Å². The Kier molecular flexibility index (Phi) is 0.668. The minimum atomic E-state index is 1.08. The van der Waals surface area contributed by atoms with Gasteiger partial charge >= 0.3 is 0 Å². The van der Waals surface area contributed by atoms with Gasteiger partial charge < -0.3 is 0 Å². The maximum Gasteiger partial charge on any atom is 0.0447 e. The van der Waals surface area contributed by atoms with E-state index in [4.69, 9.17) is 0 Å². The number of hydrogen-bond acceptors (Lipinski definition) is 1. The molecule has 1 aliphatic rings. The van der Waals surface area contributed by atoms with Crippen LogP contribution in [0.2, 0.25) is 0 Å². The van der Waals surface area contributed by atoms with Crippen molar-refractivity contribution in [1.29, 1.82) is 0 Å². The van der Waals surface area contributed by atoms with Gasteiger partial charge in [0.25, 0.3) is 0 Å². The van der Waals surface area contributed by atoms with Crippen LogP contribution in [0.5, 0.6) is 0 Å². The lowest BCUT2D eigenvalue weighted by molar-refractivity contribution is 1.22. The fraction of sp³-hybridized carbons (Fsp3) is 0.143. The quantitative estimate of drug-likeness (QED) is 0.481. The van der Waals surface area contributed by atoms with Crippen molar-refractivity contribution in [2.24, 2.45) is 0 Å². The average molecular weight is 104 g/mol. The van der Waals surface area contributed by atoms with Crippen LogP contribution < -0.4 is 0 Å². The van der Waals surface area contributed by atoms with Crippen LogP contribution in [-0.4, -0.2) is 4.98 Å². The molecule has 39 valence electrons. The lowest BCUT2D eigenvalue weighted by atomic mass is 10.3. The van der Waals surface area contributed by atoms with Gasteiger partial charge in [-0.25, -0.2) is 0 Å². The highest BCUT2D eigenvalue weighted by Crippen LogP contribution is 2.14. The van der Waals surface area contributed by atoms with E-state index in [0.29, 0.717) is 0 Å². The second-order valence-corrected chi connectivity index (χ2v) is 2.00. The van der Waals surface area contributed by atoms with Crippen molar-refractivity contribution >= 4 is 0 Å². The van der Waals surface area contributed by atoms with Crippen LogP contribution >= 0.6 is 0 Å². The van der Waals surface area contributed by atoms with Gasteiger partial charge in [0.15, 0.2) is 0 Å². The van der Waals surface area contributed by atoms with Crippen molar-refractivity contribution in [3.8, 4) is 0 Å². The Balaban J connectivity index is 2.66. The Labute approximate surface area is 48.4 Å². The van der Waals surface area contributed by atoms with E-state index in [-0.39, 0.29) is 0 Å². The molecule has 0 N–H and O–H groups in total. The van der Waals surface area contributed by atoms with E-state index in [1.165, 1.54) is 5.56 Å². The van der Waals surface area contributed by atoms with E-state index in [1.54, 1.807) is 0 Å². The second-order valence-electron chi connectivity index (χ2n) is 2.00. The third-order valence-corrected chi connectivity index (χ3v) is 1.39. The minimum Gasteiger partial charge on any atom is -0.261 e. The third-order valence-electron chi connectivity index (χ3n) is 1.39. The summed E-state index contributed by atoms with van der Waals surface area (Å²) in [5, 5.41) is 0. The van der Waals surface area contributed by atoms with Crippen LogP contribution in [0.15, 0.2) is 18.3 Å². The van der Waals surface area contributed by atoms with Crippen LogP contribution in [0.4, 0.5) is 0 Å². The molecule has 2 rings (SSSR count). The molecule has 0 aromatic carbocycles. The topological polar surface area (TPSA) is 12.9 Å². The maximum absolute atomic E-state index is 4.09. The summed E-state index contributed by atoms with van der Waals surface area (Å²) in [6.07, 6.45) is 5.07. The highest BCUT2D eigenvalue weighted by molar-refractivity contribution is 5.30. The number of pyridine rings is 1. The van der Waals surface area contributed by atoms with Crippen LogP contribution in [0.25, 0.3) is 0 Å². The van der Waals surface area contributed by atoms with Crippen molar-refractivity contribution in [2.45, 2.75) is 6.42 Å². The van der Waals surface area contributed by atoms with Crippen LogP contribution in [0, 0.1) is 6.42 Å². The van der Waals surface area contributed by atoms with Gasteiger partial charge in [0, 0.05) is 18.3 Å². The average Bonchev–Trinajstić information content (AvgIpc) is 2.12. The Morgan fingerprint density at radius 1 is 1.50 bits per heavy atom. The van der Waals surface area contributed by atoms with Gasteiger partial charge in [-0.1, -0.05) is 0 Å². The summed E-state index contributed by atoms with van der Waals surface area (Å²) in [5.74, 6) is 0. The number of rotatable bonds is 0. The molecule has 1 aliphatic carbocycles. The molecule has 0 aliphatic heterocycles. The van der Waals surface area contributed by atoms with Gasteiger partial charge in [0.2, 0.25) is 0 Å². The maximum atomic E-state index is 4.09. The predicted octanol–water partition coefficient (Wildman–Crippen LogP) is 1.19. The van der Waals surface area contributed by atoms with E-state index in [2.05, 4.69) is 17.5 Å². The molecule has 2 bridgehead atoms. The summed E-state index contributed by atoms with van der Waals surface area (Å²) in [4.78, 5) is 4.09. The van der Waals surface area contributed by atoms with Gasteiger partial charge in [-0.2, -0.15) is 0 Å². The standard InChI is InChI=1S/C7H6N/c1-2-7-5-6(1)3-4-8-7/h2-5H,1H2. The van der Waals surface area contributed by atoms with Crippen LogP contribution in [-0.2, 0) is 6.42 Å². The zero-order valence-corrected chi connectivity index (χ0v) is 4.46. The number of fused-ring (bicyclic) bond motifs is 2. The number of hydrogen-bond donors (Lipinski definition) is 0. The molecule has 0 spiro atoms. The SMILES string of the molecule is [CH]1Cc2ccnc1c2. The first-order valence-corrected chi connectivity index (χ1v) is 2.73. The van der Waals surface area contributed by atoms with E-state index in [9.17, 15) is 0 Å². The van der Waals surface area contributed by atoms with Crippen molar-refractivity contribution in [3.63, 3.8) is 0 Å². The second kappa shape index (κ2) is 1.31. The Morgan fingerprint density at radius 3 is 3.25 bits per heavy atom. The van der Waals surface area contributed by atoms with Gasteiger partial charge in [-0.3, -0.25) is 4.98 Å². The van der Waals surface area contributed by atoms with Gasteiger partial charge in [-0.15, -0.1) is 0 Å². The third kappa shape index (κ3) is 0.443. The van der Waals surface area contributed by atoms with Gasteiger partial charge in [0.05, 0.1) is 0 Å². The molecule has 0 amide bonds. The lowest BCUT2D eigenvalue weighted by Crippen LogP contribution is -1.73. The Bertz CT molecular complexity index is 186. The molecular weight excluding hydrogens is 98.1 g/mol. The highest BCUT2D eigenvalue weighted by atomic mass is 14.7. The minimum absolute atomic E-state index is 1.08. The largest absolute Gasteiger partial charge is 0.261 e. The van der Waals surface area contributed by atoms with Crippen molar-refractivity contribution in [2.75, 3.05) is 0 Å². The Morgan fingerprint density at radius 2 is 2.50 bits per heavy atom. The normalized spacial score (nSPS) is 14.5. The molecule has 0 saturated heterocycles. The summed E-state index contributed by atoms with van der Waals surface area (Å²) in [6, 6.07) is 4.16. The predicted molar refractivity (Wildman–Crippen MR) is 31.3 cm³/mol. The molecule has 0 atom stereocenters. The van der Waals surface area contributed by atoms with Gasteiger partial charge in [-0.05, 0) is 24.1 Å². The zero-order chi connectivity index (χ0) is 5.40. The lowest BCUT2D eigenvalue weighted by Gasteiger charge is -1.82. The Hall–Kier alpha value is -0.850. The van der Waals surface area contributed by atoms with Crippen LogP contribution in [0.3, 0.4) is 0 Å². The molecular formula is C7H6N.